The zero-order valence-electron chi connectivity index (χ0n) is 24.9. The number of aliphatic carboxylic acids is 1. The maximum Gasteiger partial charge on any atom is 0.235 e. The number of carbonyl (C=O) groups excluding carboxylic acids is 2. The maximum atomic E-state index is 12.5. The van der Waals surface area contributed by atoms with Crippen LogP contribution in [-0.2, 0) is 16.0 Å². The monoisotopic (exact) mass is 647 g/mol. The number of halogens is 1. The number of nitrogens with two attached hydrogens (primary N) is 1. The lowest BCUT2D eigenvalue weighted by Gasteiger charge is -2.55. The summed E-state index contributed by atoms with van der Waals surface area (Å²) in [5.41, 5.74) is 8.70. The number of aliphatic hydroxyl groups excluding tert-OH is 1. The first-order chi connectivity index (χ1) is 20.2. The van der Waals surface area contributed by atoms with E-state index in [2.05, 4.69) is 18.2 Å². The molecule has 234 valence electrons. The number of rotatable bonds is 12. The van der Waals surface area contributed by atoms with E-state index < -0.39 is 18.0 Å². The highest BCUT2D eigenvalue weighted by atomic mass is 35.5. The van der Waals surface area contributed by atoms with E-state index in [4.69, 9.17) is 10.7 Å². The Labute approximate surface area is 268 Å². The van der Waals surface area contributed by atoms with Gasteiger partial charge >= 0.3 is 0 Å². The van der Waals surface area contributed by atoms with Crippen LogP contribution in [0.15, 0.2) is 46.0 Å². The number of allylic oxidation sites excluding steroid dienone is 1. The van der Waals surface area contributed by atoms with Crippen LogP contribution in [0.5, 0.6) is 0 Å². The van der Waals surface area contributed by atoms with Gasteiger partial charge in [-0.25, -0.2) is 4.98 Å². The highest BCUT2D eigenvalue weighted by Gasteiger charge is 2.58. The Morgan fingerprint density at radius 2 is 1.91 bits per heavy atom. The summed E-state index contributed by atoms with van der Waals surface area (Å²) >= 11 is 3.30. The van der Waals surface area contributed by atoms with E-state index in [0.717, 1.165) is 29.2 Å². The Bertz CT molecular complexity index is 1420. The largest absolute Gasteiger partial charge is 1.00 e. The predicted molar refractivity (Wildman–Crippen MR) is 163 cm³/mol. The lowest BCUT2D eigenvalue weighted by atomic mass is 9.78. The van der Waals surface area contributed by atoms with Crippen molar-refractivity contribution in [3.8, 4) is 0 Å². The fraction of sp³-hybridized carbons (Fsp3) is 0.581. The third-order valence-corrected chi connectivity index (χ3v) is 12.4. The summed E-state index contributed by atoms with van der Waals surface area (Å²) in [7, 11) is 0. The molecule has 0 saturated carbocycles. The smallest absolute Gasteiger partial charge is 0.235 e. The van der Waals surface area contributed by atoms with E-state index in [0.29, 0.717) is 11.3 Å². The highest BCUT2D eigenvalue weighted by molar-refractivity contribution is 8.01. The number of carboxylic acid groups (broad SMARTS) is 1. The van der Waals surface area contributed by atoms with E-state index in [9.17, 15) is 19.8 Å². The minimum Gasteiger partial charge on any atom is -1.00 e. The molecule has 2 bridgehead atoms. The molecular weight excluding hydrogens is 606 g/mol. The molecule has 1 aromatic carbocycles. The van der Waals surface area contributed by atoms with Crippen LogP contribution in [0.1, 0.15) is 25.8 Å². The molecule has 4 fully saturated rings. The normalized spacial score (nSPS) is 30.6. The summed E-state index contributed by atoms with van der Waals surface area (Å²) in [6.07, 6.45) is 5.12. The van der Waals surface area contributed by atoms with Gasteiger partial charge in [-0.2, -0.15) is 0 Å². The molecule has 0 unspecified atom stereocenters. The van der Waals surface area contributed by atoms with Crippen molar-refractivity contribution in [2.75, 3.05) is 64.7 Å². The van der Waals surface area contributed by atoms with Crippen molar-refractivity contribution in [3.63, 3.8) is 0 Å². The molecule has 6 heterocycles. The number of piperazine rings is 3. The second-order valence-corrected chi connectivity index (χ2v) is 15.0. The van der Waals surface area contributed by atoms with Crippen molar-refractivity contribution in [2.24, 2.45) is 17.6 Å². The first kappa shape index (κ1) is 32.4. The topological polar surface area (TPSA) is 120 Å². The Hall–Kier alpha value is -1.99. The second kappa shape index (κ2) is 12.8. The molecule has 1 amide bonds. The van der Waals surface area contributed by atoms with Crippen molar-refractivity contribution in [1.29, 1.82) is 0 Å². The first-order valence-corrected chi connectivity index (χ1v) is 17.0. The number of carboxylic acids is 1. The number of aliphatic hydroxyl groups is 1. The Morgan fingerprint density at radius 3 is 2.53 bits per heavy atom. The fourth-order valence-corrected chi connectivity index (χ4v) is 9.56. The summed E-state index contributed by atoms with van der Waals surface area (Å²) in [4.78, 5) is 30.6. The standard InChI is InChI=1S/C31H42N5O4S2.ClH/c1-20-23(28(30(39)40)34-27(20)26(21(2)37)29(34)38)5-3-18-41-31-33-24-19-22(6-7-25(24)42-31)8-11-36-15-12-35(13-16-36,14-17-36)10-4-9-32;/h3,5-7,19-21,26-27,37H,4,8-18,32H2,1-2H3;1H/q+1;/p-1/b5-3+;/t20-,21+,26+,27+,35?,36?;/m0./s1. The molecule has 9 nitrogen and oxygen atoms in total. The van der Waals surface area contributed by atoms with E-state index in [1.54, 1.807) is 36.1 Å². The lowest BCUT2D eigenvalue weighted by Crippen LogP contribution is -3.00. The molecule has 4 saturated heterocycles. The van der Waals surface area contributed by atoms with Crippen molar-refractivity contribution >= 4 is 45.2 Å². The SMILES string of the molecule is C[C@@H](O)[C@H]1C(=O)N2C(C(=O)[O-])=C(/C=C/CSc3nc4cc(CC[N+]56CC[N+](CCCN)(CC5)CC6)ccc4s3)[C@H](C)[C@H]12.[Cl-]. The molecule has 7 rings (SSSR count). The maximum absolute atomic E-state index is 12.5. The average Bonchev–Trinajstić information content (AvgIpc) is 3.49. The van der Waals surface area contributed by atoms with Crippen LogP contribution >= 0.6 is 23.1 Å². The van der Waals surface area contributed by atoms with Gasteiger partial charge in [-0.15, -0.1) is 11.3 Å². The van der Waals surface area contributed by atoms with Crippen LogP contribution in [0.2, 0.25) is 0 Å². The van der Waals surface area contributed by atoms with Gasteiger partial charge in [0.05, 0.1) is 53.0 Å². The van der Waals surface area contributed by atoms with Crippen molar-refractivity contribution < 1.29 is 41.2 Å². The number of thioether (sulfide) groups is 1. The molecule has 0 aliphatic carbocycles. The third-order valence-electron chi connectivity index (χ3n) is 10.3. The van der Waals surface area contributed by atoms with Crippen LogP contribution in [0.3, 0.4) is 0 Å². The summed E-state index contributed by atoms with van der Waals surface area (Å²) in [5, 5.41) is 21.9. The van der Waals surface area contributed by atoms with Crippen LogP contribution in [-0.4, -0.2) is 113 Å². The Morgan fingerprint density at radius 1 is 1.23 bits per heavy atom. The van der Waals surface area contributed by atoms with Gasteiger partial charge in [-0.1, -0.05) is 36.9 Å². The fourth-order valence-electron chi connectivity index (χ4n) is 7.67. The second-order valence-electron chi connectivity index (χ2n) is 12.7. The van der Waals surface area contributed by atoms with Crippen molar-refractivity contribution in [2.45, 2.75) is 43.2 Å². The van der Waals surface area contributed by atoms with Crippen molar-refractivity contribution in [3.05, 3.63) is 47.2 Å². The molecule has 12 heteroatoms. The number of benzene rings is 1. The van der Waals surface area contributed by atoms with E-state index in [1.807, 2.05) is 13.0 Å². The molecule has 3 N–H and O–H groups in total. The number of fused-ring (bicyclic) bond motifs is 5. The van der Waals surface area contributed by atoms with E-state index in [1.165, 1.54) is 76.5 Å². The molecule has 0 spiro atoms. The molecule has 4 atom stereocenters. The number of nitrogens with zero attached hydrogens (tertiary/aromatic N) is 4. The quantitative estimate of drug-likeness (QED) is 0.161. The van der Waals surface area contributed by atoms with Crippen LogP contribution < -0.4 is 23.2 Å². The van der Waals surface area contributed by atoms with Gasteiger partial charge < -0.3 is 47.0 Å². The molecule has 0 radical (unpaired) electrons. The number of hydrogen-bond acceptors (Lipinski definition) is 8. The van der Waals surface area contributed by atoms with Gasteiger partial charge in [-0.05, 0) is 36.7 Å². The van der Waals surface area contributed by atoms with Gasteiger partial charge in [0.15, 0.2) is 4.34 Å². The van der Waals surface area contributed by atoms with E-state index >= 15 is 0 Å². The number of carbonyl (C=O) groups is 2. The van der Waals surface area contributed by atoms with E-state index in [-0.39, 0.29) is 36.0 Å². The minimum atomic E-state index is -1.35. The molecule has 43 heavy (non-hydrogen) atoms. The van der Waals surface area contributed by atoms with Crippen molar-refractivity contribution in [1.82, 2.24) is 9.88 Å². The van der Waals surface area contributed by atoms with Crippen LogP contribution in [0.25, 0.3) is 10.2 Å². The minimum absolute atomic E-state index is 0. The van der Waals surface area contributed by atoms with Gasteiger partial charge in [0.2, 0.25) is 5.91 Å². The number of β-lactam (4-membered cyclic amide) rings is 1. The van der Waals surface area contributed by atoms with Gasteiger partial charge in [0.25, 0.3) is 0 Å². The van der Waals surface area contributed by atoms with Crippen LogP contribution in [0, 0.1) is 11.8 Å². The van der Waals surface area contributed by atoms with Gasteiger partial charge in [-0.3, -0.25) is 4.79 Å². The summed E-state index contributed by atoms with van der Waals surface area (Å²) in [6.45, 7) is 14.5. The zero-order valence-corrected chi connectivity index (χ0v) is 27.3. The predicted octanol–water partition coefficient (Wildman–Crippen LogP) is -1.64. The number of thiazole rings is 1. The number of quaternary nitrogens is 2. The molecule has 2 aromatic rings. The van der Waals surface area contributed by atoms with Gasteiger partial charge in [0, 0.05) is 24.5 Å². The summed E-state index contributed by atoms with van der Waals surface area (Å²) < 4.78 is 4.70. The van der Waals surface area contributed by atoms with Crippen LogP contribution in [0.4, 0.5) is 0 Å². The zero-order chi connectivity index (χ0) is 29.6. The summed E-state index contributed by atoms with van der Waals surface area (Å²) in [5.74, 6) is -1.82. The average molecular weight is 648 g/mol. The first-order valence-electron chi connectivity index (χ1n) is 15.2. The molecular formula is C31H42ClN5O4S2. The summed E-state index contributed by atoms with van der Waals surface area (Å²) in [6, 6.07) is 6.36. The molecule has 1 aromatic heterocycles. The number of aromatic nitrogens is 1. The molecule has 5 aliphatic heterocycles. The number of hydrogen-bond donors (Lipinski definition) is 2. The third kappa shape index (κ3) is 6.02. The molecule has 5 aliphatic rings. The number of amides is 1. The lowest BCUT2D eigenvalue weighted by molar-refractivity contribution is -1.08. The highest BCUT2D eigenvalue weighted by Crippen LogP contribution is 2.47. The van der Waals surface area contributed by atoms with Gasteiger partial charge in [0.1, 0.15) is 39.3 Å². The Balaban J connectivity index is 0.00000368. The Kier molecular flexibility index (Phi) is 9.63.